The van der Waals surface area contributed by atoms with E-state index in [0.717, 1.165) is 23.1 Å². The van der Waals surface area contributed by atoms with Crippen molar-refractivity contribution < 1.29 is 8.94 Å². The van der Waals surface area contributed by atoms with Gasteiger partial charge in [-0.25, -0.2) is 0 Å². The Morgan fingerprint density at radius 2 is 2.18 bits per heavy atom. The van der Waals surface area contributed by atoms with Gasteiger partial charge in [0.25, 0.3) is 0 Å². The molecule has 2 aromatic heterocycles. The Bertz CT molecular complexity index is 642. The zero-order valence-electron chi connectivity index (χ0n) is 9.30. The number of furan rings is 1. The molecule has 0 saturated heterocycles. The molecule has 3 aromatic rings. The quantitative estimate of drug-likeness (QED) is 0.748. The minimum atomic E-state index is 0.424. The maximum Gasteiger partial charge on any atom is 0.321 e. The first-order chi connectivity index (χ1) is 8.38. The van der Waals surface area contributed by atoms with Gasteiger partial charge in [0.15, 0.2) is 0 Å². The molecule has 3 rings (SSSR count). The Hall–Kier alpha value is -2.30. The summed E-state index contributed by atoms with van der Waals surface area (Å²) in [6.45, 7) is 2.71. The highest BCUT2D eigenvalue weighted by atomic mass is 16.5. The monoisotopic (exact) mass is 229 g/mol. The normalized spacial score (nSPS) is 10.9. The summed E-state index contributed by atoms with van der Waals surface area (Å²) in [4.78, 5) is 4.24. The molecule has 0 aliphatic rings. The van der Waals surface area contributed by atoms with Gasteiger partial charge in [-0.2, -0.15) is 4.98 Å². The van der Waals surface area contributed by atoms with Crippen LogP contribution in [0, 0.1) is 0 Å². The van der Waals surface area contributed by atoms with Gasteiger partial charge in [0.1, 0.15) is 11.8 Å². The molecule has 0 fully saturated rings. The lowest BCUT2D eigenvalue weighted by molar-refractivity contribution is 0.432. The van der Waals surface area contributed by atoms with E-state index in [9.17, 15) is 0 Å². The second-order valence-corrected chi connectivity index (χ2v) is 3.60. The molecule has 0 atom stereocenters. The van der Waals surface area contributed by atoms with Crippen LogP contribution < -0.4 is 5.32 Å². The van der Waals surface area contributed by atoms with Crippen LogP contribution in [-0.2, 0) is 0 Å². The summed E-state index contributed by atoms with van der Waals surface area (Å²) < 4.78 is 10.5. The van der Waals surface area contributed by atoms with E-state index in [4.69, 9.17) is 8.94 Å². The Labute approximate surface area is 97.4 Å². The molecule has 5 nitrogen and oxygen atoms in total. The predicted octanol–water partition coefficient (Wildman–Crippen LogP) is 2.91. The van der Waals surface area contributed by atoms with Gasteiger partial charge in [-0.3, -0.25) is 0 Å². The van der Waals surface area contributed by atoms with Crippen molar-refractivity contribution in [3.8, 4) is 11.4 Å². The fraction of sp³-hybridized carbons (Fsp3) is 0.167. The topological polar surface area (TPSA) is 64.1 Å². The van der Waals surface area contributed by atoms with Crippen molar-refractivity contribution in [1.29, 1.82) is 0 Å². The first kappa shape index (κ1) is 9.89. The van der Waals surface area contributed by atoms with Crippen molar-refractivity contribution in [2.45, 2.75) is 6.92 Å². The van der Waals surface area contributed by atoms with E-state index >= 15 is 0 Å². The molecule has 0 aliphatic heterocycles. The van der Waals surface area contributed by atoms with Crippen LogP contribution in [-0.4, -0.2) is 16.7 Å². The molecule has 2 heterocycles. The standard InChI is InChI=1S/C12H11N3O2/c1-2-13-12-14-11(15-17-12)9-7-16-10-6-4-3-5-8(9)10/h3-7H,2H2,1H3,(H,13,14,15). The van der Waals surface area contributed by atoms with Crippen molar-refractivity contribution in [2.75, 3.05) is 11.9 Å². The number of fused-ring (bicyclic) bond motifs is 1. The van der Waals surface area contributed by atoms with Crippen LogP contribution in [0.3, 0.4) is 0 Å². The van der Waals surface area contributed by atoms with Crippen LogP contribution >= 0.6 is 0 Å². The van der Waals surface area contributed by atoms with Gasteiger partial charge in [-0.1, -0.05) is 23.4 Å². The molecule has 86 valence electrons. The summed E-state index contributed by atoms with van der Waals surface area (Å²) in [6, 6.07) is 8.18. The molecule has 0 amide bonds. The van der Waals surface area contributed by atoms with Crippen LogP contribution in [0.1, 0.15) is 6.92 Å². The minimum Gasteiger partial charge on any atom is -0.464 e. The predicted molar refractivity (Wildman–Crippen MR) is 63.7 cm³/mol. The van der Waals surface area contributed by atoms with Crippen LogP contribution in [0.25, 0.3) is 22.4 Å². The summed E-state index contributed by atoms with van der Waals surface area (Å²) in [5.74, 6) is 0.533. The Morgan fingerprint density at radius 1 is 1.29 bits per heavy atom. The van der Waals surface area contributed by atoms with Crippen molar-refractivity contribution >= 4 is 17.0 Å². The lowest BCUT2D eigenvalue weighted by atomic mass is 10.2. The Morgan fingerprint density at radius 3 is 3.06 bits per heavy atom. The maximum atomic E-state index is 5.43. The Kier molecular flexibility index (Phi) is 2.29. The number of para-hydroxylation sites is 1. The number of anilines is 1. The molecule has 0 radical (unpaired) electrons. The lowest BCUT2D eigenvalue weighted by Crippen LogP contribution is -1.95. The SMILES string of the molecule is CCNc1nc(-c2coc3ccccc23)no1. The van der Waals surface area contributed by atoms with Gasteiger partial charge in [-0.05, 0) is 13.0 Å². The van der Waals surface area contributed by atoms with E-state index in [1.165, 1.54) is 0 Å². The molecule has 1 N–H and O–H groups in total. The zero-order chi connectivity index (χ0) is 11.7. The summed E-state index contributed by atoms with van der Waals surface area (Å²) in [7, 11) is 0. The van der Waals surface area contributed by atoms with E-state index in [1.807, 2.05) is 31.2 Å². The number of benzene rings is 1. The summed E-state index contributed by atoms with van der Waals surface area (Å²) in [5, 5.41) is 7.87. The van der Waals surface area contributed by atoms with Gasteiger partial charge >= 0.3 is 6.01 Å². The number of nitrogens with one attached hydrogen (secondary N) is 1. The van der Waals surface area contributed by atoms with Crippen molar-refractivity contribution in [2.24, 2.45) is 0 Å². The van der Waals surface area contributed by atoms with E-state index < -0.39 is 0 Å². The first-order valence-corrected chi connectivity index (χ1v) is 5.42. The smallest absolute Gasteiger partial charge is 0.321 e. The number of rotatable bonds is 3. The zero-order valence-corrected chi connectivity index (χ0v) is 9.30. The third kappa shape index (κ3) is 1.65. The average molecular weight is 229 g/mol. The molecule has 0 aliphatic carbocycles. The molecule has 1 aromatic carbocycles. The first-order valence-electron chi connectivity index (χ1n) is 5.42. The van der Waals surface area contributed by atoms with E-state index in [1.54, 1.807) is 6.26 Å². The summed E-state index contributed by atoms with van der Waals surface area (Å²) >= 11 is 0. The molecule has 5 heteroatoms. The molecular weight excluding hydrogens is 218 g/mol. The second kappa shape index (κ2) is 3.93. The highest BCUT2D eigenvalue weighted by Crippen LogP contribution is 2.28. The van der Waals surface area contributed by atoms with Gasteiger partial charge < -0.3 is 14.3 Å². The Balaban J connectivity index is 2.07. The van der Waals surface area contributed by atoms with Crippen molar-refractivity contribution in [1.82, 2.24) is 10.1 Å². The number of hydrogen-bond acceptors (Lipinski definition) is 5. The van der Waals surface area contributed by atoms with E-state index in [0.29, 0.717) is 11.8 Å². The van der Waals surface area contributed by atoms with Crippen LogP contribution in [0.15, 0.2) is 39.5 Å². The van der Waals surface area contributed by atoms with E-state index in [-0.39, 0.29) is 0 Å². The molecule has 17 heavy (non-hydrogen) atoms. The third-order valence-electron chi connectivity index (χ3n) is 2.48. The van der Waals surface area contributed by atoms with Gasteiger partial charge in [0, 0.05) is 11.9 Å². The van der Waals surface area contributed by atoms with Gasteiger partial charge in [0.05, 0.1) is 5.56 Å². The fourth-order valence-corrected chi connectivity index (χ4v) is 1.71. The molecular formula is C12H11N3O2. The number of nitrogens with zero attached hydrogens (tertiary/aromatic N) is 2. The lowest BCUT2D eigenvalue weighted by Gasteiger charge is -1.90. The summed E-state index contributed by atoms with van der Waals surface area (Å²) in [5.41, 5.74) is 1.66. The summed E-state index contributed by atoms with van der Waals surface area (Å²) in [6.07, 6.45) is 1.64. The van der Waals surface area contributed by atoms with Crippen molar-refractivity contribution in [3.63, 3.8) is 0 Å². The molecule has 0 spiro atoms. The van der Waals surface area contributed by atoms with Crippen LogP contribution in [0.5, 0.6) is 0 Å². The van der Waals surface area contributed by atoms with Gasteiger partial charge in [0.2, 0.25) is 5.82 Å². The number of aromatic nitrogens is 2. The van der Waals surface area contributed by atoms with Crippen LogP contribution in [0.2, 0.25) is 0 Å². The van der Waals surface area contributed by atoms with E-state index in [2.05, 4.69) is 15.5 Å². The average Bonchev–Trinajstić information content (AvgIpc) is 2.95. The number of hydrogen-bond donors (Lipinski definition) is 1. The maximum absolute atomic E-state index is 5.43. The second-order valence-electron chi connectivity index (χ2n) is 3.60. The molecule has 0 bridgehead atoms. The van der Waals surface area contributed by atoms with Gasteiger partial charge in [-0.15, -0.1) is 0 Å². The van der Waals surface area contributed by atoms with Crippen molar-refractivity contribution in [3.05, 3.63) is 30.5 Å². The highest BCUT2D eigenvalue weighted by molar-refractivity contribution is 5.91. The minimum absolute atomic E-state index is 0.424. The third-order valence-corrected chi connectivity index (χ3v) is 2.48. The van der Waals surface area contributed by atoms with Crippen LogP contribution in [0.4, 0.5) is 6.01 Å². The fourth-order valence-electron chi connectivity index (χ4n) is 1.71. The molecule has 0 saturated carbocycles. The molecule has 0 unspecified atom stereocenters. The highest BCUT2D eigenvalue weighted by Gasteiger charge is 2.13. The largest absolute Gasteiger partial charge is 0.464 e.